The number of rotatable bonds is 0. The molecule has 0 amide bonds. The van der Waals surface area contributed by atoms with Crippen molar-refractivity contribution < 1.29 is 5.11 Å². The molecule has 0 fully saturated rings. The zero-order valence-electron chi connectivity index (χ0n) is 8.77. The van der Waals surface area contributed by atoms with Gasteiger partial charge in [-0.15, -0.1) is 0 Å². The maximum Gasteiger partial charge on any atom is 0.260 e. The Balaban J connectivity index is 2.63. The predicted molar refractivity (Wildman–Crippen MR) is 65.9 cm³/mol. The van der Waals surface area contributed by atoms with Crippen LogP contribution in [0.15, 0.2) is 35.1 Å². The molecule has 17 heavy (non-hydrogen) atoms. The van der Waals surface area contributed by atoms with Gasteiger partial charge >= 0.3 is 0 Å². The second-order valence-electron chi connectivity index (χ2n) is 3.82. The fraction of sp³-hybridized carbons (Fsp3) is 0. The van der Waals surface area contributed by atoms with Gasteiger partial charge in [-0.25, -0.2) is 4.98 Å². The van der Waals surface area contributed by atoms with Crippen molar-refractivity contribution in [2.45, 2.75) is 0 Å². The number of fused-ring (bicyclic) bond motifs is 3. The molecule has 0 unspecified atom stereocenters. The van der Waals surface area contributed by atoms with Crippen molar-refractivity contribution in [1.82, 2.24) is 9.97 Å². The van der Waals surface area contributed by atoms with Gasteiger partial charge in [0.25, 0.3) is 5.56 Å². The lowest BCUT2D eigenvalue weighted by molar-refractivity contribution is 0.476. The van der Waals surface area contributed by atoms with E-state index in [0.717, 1.165) is 5.39 Å². The number of benzene rings is 2. The zero-order valence-corrected chi connectivity index (χ0v) is 8.77. The van der Waals surface area contributed by atoms with E-state index in [4.69, 9.17) is 5.73 Å². The van der Waals surface area contributed by atoms with Gasteiger partial charge in [-0.05, 0) is 23.6 Å². The maximum atomic E-state index is 11.9. The second kappa shape index (κ2) is 3.21. The van der Waals surface area contributed by atoms with E-state index in [1.165, 1.54) is 0 Å². The first-order valence-electron chi connectivity index (χ1n) is 5.06. The van der Waals surface area contributed by atoms with Crippen LogP contribution < -0.4 is 11.3 Å². The van der Waals surface area contributed by atoms with Gasteiger partial charge in [0, 0.05) is 5.39 Å². The number of nitrogens with zero attached hydrogens (tertiary/aromatic N) is 1. The number of nitrogen functional groups attached to an aromatic ring is 1. The molecule has 5 heteroatoms. The minimum Gasteiger partial charge on any atom is -0.508 e. The van der Waals surface area contributed by atoms with Crippen molar-refractivity contribution >= 4 is 27.6 Å². The summed E-state index contributed by atoms with van der Waals surface area (Å²) in [5, 5.41) is 11.4. The average molecular weight is 227 g/mol. The number of hydrogen-bond acceptors (Lipinski definition) is 4. The normalized spacial score (nSPS) is 11.1. The molecule has 0 aliphatic rings. The van der Waals surface area contributed by atoms with Crippen molar-refractivity contribution in [2.75, 3.05) is 5.73 Å². The molecule has 84 valence electrons. The molecule has 0 atom stereocenters. The first-order chi connectivity index (χ1) is 8.15. The quantitative estimate of drug-likeness (QED) is 0.506. The lowest BCUT2D eigenvalue weighted by Gasteiger charge is -2.03. The van der Waals surface area contributed by atoms with Crippen LogP contribution in [0.2, 0.25) is 0 Å². The molecule has 0 aliphatic heterocycles. The van der Waals surface area contributed by atoms with Gasteiger partial charge in [-0.1, -0.05) is 12.1 Å². The van der Waals surface area contributed by atoms with Gasteiger partial charge in [0.1, 0.15) is 5.75 Å². The molecule has 3 rings (SSSR count). The molecule has 0 aliphatic carbocycles. The van der Waals surface area contributed by atoms with Crippen molar-refractivity contribution in [3.63, 3.8) is 0 Å². The van der Waals surface area contributed by atoms with Crippen LogP contribution in [0, 0.1) is 0 Å². The van der Waals surface area contributed by atoms with E-state index in [0.29, 0.717) is 16.3 Å². The third kappa shape index (κ3) is 1.40. The maximum absolute atomic E-state index is 11.9. The average Bonchev–Trinajstić information content (AvgIpc) is 2.27. The summed E-state index contributed by atoms with van der Waals surface area (Å²) in [6, 6.07) is 8.45. The third-order valence-electron chi connectivity index (χ3n) is 2.69. The summed E-state index contributed by atoms with van der Waals surface area (Å²) < 4.78 is 0. The van der Waals surface area contributed by atoms with Gasteiger partial charge in [0.15, 0.2) is 0 Å². The van der Waals surface area contributed by atoms with E-state index < -0.39 is 0 Å². The fourth-order valence-electron chi connectivity index (χ4n) is 1.96. The molecule has 3 aromatic rings. The topological polar surface area (TPSA) is 92.0 Å². The lowest BCUT2D eigenvalue weighted by atomic mass is 10.1. The van der Waals surface area contributed by atoms with Crippen LogP contribution in [0.25, 0.3) is 21.7 Å². The predicted octanol–water partition coefficient (Wildman–Crippen LogP) is 1.36. The van der Waals surface area contributed by atoms with Crippen LogP contribution in [-0.4, -0.2) is 15.1 Å². The van der Waals surface area contributed by atoms with Crippen LogP contribution in [-0.2, 0) is 0 Å². The summed E-state index contributed by atoms with van der Waals surface area (Å²) >= 11 is 0. The smallest absolute Gasteiger partial charge is 0.260 e. The highest BCUT2D eigenvalue weighted by molar-refractivity contribution is 6.06. The van der Waals surface area contributed by atoms with Crippen molar-refractivity contribution in [1.29, 1.82) is 0 Å². The lowest BCUT2D eigenvalue weighted by Crippen LogP contribution is -2.11. The summed E-state index contributed by atoms with van der Waals surface area (Å²) in [5.74, 6) is 0.197. The Morgan fingerprint density at radius 1 is 1.24 bits per heavy atom. The van der Waals surface area contributed by atoms with Gasteiger partial charge in [0.05, 0.1) is 10.9 Å². The van der Waals surface area contributed by atoms with Gasteiger partial charge in [0.2, 0.25) is 5.95 Å². The number of H-pyrrole nitrogens is 1. The Kier molecular flexibility index (Phi) is 1.82. The Morgan fingerprint density at radius 3 is 2.82 bits per heavy atom. The standard InChI is InChI=1S/C12H9N3O2/c13-12-14-9-4-2-6-1-3-7(16)5-8(6)10(9)11(17)15-12/h1-5,16H,(H3,13,14,15,17). The first-order valence-corrected chi connectivity index (χ1v) is 5.06. The molecule has 2 aromatic carbocycles. The number of phenols is 1. The zero-order chi connectivity index (χ0) is 12.0. The molecule has 1 aromatic heterocycles. The highest BCUT2D eigenvalue weighted by atomic mass is 16.3. The van der Waals surface area contributed by atoms with Crippen LogP contribution >= 0.6 is 0 Å². The van der Waals surface area contributed by atoms with E-state index >= 15 is 0 Å². The minimum absolute atomic E-state index is 0.0852. The Hall–Kier alpha value is -2.56. The van der Waals surface area contributed by atoms with Crippen LogP contribution in [0.1, 0.15) is 0 Å². The molecule has 0 saturated carbocycles. The first kappa shape index (κ1) is 9.65. The number of nitrogens with one attached hydrogen (secondary N) is 1. The molecule has 0 bridgehead atoms. The number of hydrogen-bond donors (Lipinski definition) is 3. The number of aromatic nitrogens is 2. The van der Waals surface area contributed by atoms with E-state index in [2.05, 4.69) is 9.97 Å². The number of aromatic hydroxyl groups is 1. The van der Waals surface area contributed by atoms with E-state index in [-0.39, 0.29) is 17.3 Å². The Morgan fingerprint density at radius 2 is 2.00 bits per heavy atom. The number of anilines is 1. The largest absolute Gasteiger partial charge is 0.508 e. The van der Waals surface area contributed by atoms with Crippen molar-refractivity contribution in [3.8, 4) is 5.75 Å². The van der Waals surface area contributed by atoms with E-state index in [9.17, 15) is 9.90 Å². The van der Waals surface area contributed by atoms with Gasteiger partial charge in [-0.3, -0.25) is 9.78 Å². The highest BCUT2D eigenvalue weighted by Gasteiger charge is 2.07. The molecule has 1 heterocycles. The summed E-state index contributed by atoms with van der Waals surface area (Å²) in [6.07, 6.45) is 0. The molecular formula is C12H9N3O2. The molecule has 4 N–H and O–H groups in total. The molecule has 0 saturated heterocycles. The fourth-order valence-corrected chi connectivity index (χ4v) is 1.96. The summed E-state index contributed by atoms with van der Waals surface area (Å²) in [6.45, 7) is 0. The Bertz CT molecular complexity index is 793. The van der Waals surface area contributed by atoms with Crippen LogP contribution in [0.3, 0.4) is 0 Å². The molecular weight excluding hydrogens is 218 g/mol. The van der Waals surface area contributed by atoms with E-state index in [1.807, 2.05) is 6.07 Å². The number of phenolic OH excluding ortho intramolecular Hbond substituents is 1. The molecule has 0 spiro atoms. The number of nitrogens with two attached hydrogens (primary N) is 1. The highest BCUT2D eigenvalue weighted by Crippen LogP contribution is 2.25. The number of aromatic amines is 1. The second-order valence-corrected chi connectivity index (χ2v) is 3.82. The van der Waals surface area contributed by atoms with Crippen LogP contribution in [0.5, 0.6) is 5.75 Å². The van der Waals surface area contributed by atoms with Gasteiger partial charge < -0.3 is 10.8 Å². The van der Waals surface area contributed by atoms with Crippen molar-refractivity contribution in [3.05, 3.63) is 40.7 Å². The summed E-state index contributed by atoms with van der Waals surface area (Å²) in [7, 11) is 0. The van der Waals surface area contributed by atoms with Gasteiger partial charge in [-0.2, -0.15) is 0 Å². The molecule has 0 radical (unpaired) electrons. The monoisotopic (exact) mass is 227 g/mol. The third-order valence-corrected chi connectivity index (χ3v) is 2.69. The minimum atomic E-state index is -0.302. The summed E-state index contributed by atoms with van der Waals surface area (Å²) in [4.78, 5) is 18.4. The van der Waals surface area contributed by atoms with Crippen molar-refractivity contribution in [2.24, 2.45) is 0 Å². The van der Waals surface area contributed by atoms with E-state index in [1.54, 1.807) is 24.3 Å². The Labute approximate surface area is 95.5 Å². The van der Waals surface area contributed by atoms with Crippen LogP contribution in [0.4, 0.5) is 5.95 Å². The molecule has 5 nitrogen and oxygen atoms in total. The summed E-state index contributed by atoms with van der Waals surface area (Å²) in [5.41, 5.74) is 5.70. The SMILES string of the molecule is Nc1nc2ccc3ccc(O)cc3c2c(=O)[nH]1.